The molecule has 1 heterocycles. The Bertz CT molecular complexity index is 1170. The van der Waals surface area contributed by atoms with Crippen LogP contribution in [-0.4, -0.2) is 41.8 Å². The van der Waals surface area contributed by atoms with Gasteiger partial charge in [0.15, 0.2) is 0 Å². The van der Waals surface area contributed by atoms with E-state index in [-0.39, 0.29) is 25.0 Å². The quantitative estimate of drug-likeness (QED) is 0.523. The largest absolute Gasteiger partial charge is 0.481 e. The van der Waals surface area contributed by atoms with Crippen LogP contribution in [0.15, 0.2) is 72.8 Å². The molecule has 2 unspecified atom stereocenters. The molecule has 1 amide bonds. The number of amides is 1. The lowest BCUT2D eigenvalue weighted by Gasteiger charge is -2.19. The molecule has 0 radical (unpaired) electrons. The summed E-state index contributed by atoms with van der Waals surface area (Å²) in [6.45, 7) is 4.99. The summed E-state index contributed by atoms with van der Waals surface area (Å²) in [5, 5.41) is 9.83. The van der Waals surface area contributed by atoms with Crippen LogP contribution in [0, 0.1) is 5.92 Å². The Morgan fingerprint density at radius 3 is 2.06 bits per heavy atom. The number of likely N-dealkylation sites (tertiary alicyclic amines) is 1. The Morgan fingerprint density at radius 1 is 0.912 bits per heavy atom. The molecule has 1 aliphatic heterocycles. The first-order valence-electron chi connectivity index (χ1n) is 11.9. The Kier molecular flexibility index (Phi) is 5.86. The molecule has 0 saturated carbocycles. The van der Waals surface area contributed by atoms with E-state index in [4.69, 9.17) is 4.74 Å². The van der Waals surface area contributed by atoms with Crippen LogP contribution >= 0.6 is 0 Å². The van der Waals surface area contributed by atoms with Gasteiger partial charge in [-0.15, -0.1) is 0 Å². The van der Waals surface area contributed by atoms with Gasteiger partial charge in [0.2, 0.25) is 0 Å². The molecule has 1 aliphatic carbocycles. The van der Waals surface area contributed by atoms with Crippen LogP contribution in [-0.2, 0) is 9.53 Å². The molecule has 2 atom stereocenters. The van der Waals surface area contributed by atoms with Crippen LogP contribution in [0.1, 0.15) is 53.9 Å². The SMILES string of the molecule is CC(C)c1ccc(C2CN(C(=O)OCC3c4ccccc4-c4ccccc43)CC2C(=O)O)cc1. The summed E-state index contributed by atoms with van der Waals surface area (Å²) in [7, 11) is 0. The highest BCUT2D eigenvalue weighted by Crippen LogP contribution is 2.44. The van der Waals surface area contributed by atoms with Crippen molar-refractivity contribution < 1.29 is 19.4 Å². The molecule has 1 N–H and O–H groups in total. The lowest BCUT2D eigenvalue weighted by Crippen LogP contribution is -2.31. The van der Waals surface area contributed by atoms with Gasteiger partial charge >= 0.3 is 12.1 Å². The molecule has 2 aliphatic rings. The molecule has 3 aromatic carbocycles. The van der Waals surface area contributed by atoms with Crippen molar-refractivity contribution in [3.63, 3.8) is 0 Å². The lowest BCUT2D eigenvalue weighted by molar-refractivity contribution is -0.141. The number of hydrogen-bond donors (Lipinski definition) is 1. The molecule has 0 aromatic heterocycles. The van der Waals surface area contributed by atoms with Crippen molar-refractivity contribution in [3.05, 3.63) is 95.1 Å². The van der Waals surface area contributed by atoms with Gasteiger partial charge in [0.05, 0.1) is 5.92 Å². The van der Waals surface area contributed by atoms with Crippen molar-refractivity contribution in [3.8, 4) is 11.1 Å². The second kappa shape index (κ2) is 8.98. The van der Waals surface area contributed by atoms with Gasteiger partial charge in [-0.2, -0.15) is 0 Å². The molecule has 1 saturated heterocycles. The van der Waals surface area contributed by atoms with E-state index in [1.54, 1.807) is 4.90 Å². The molecule has 5 heteroatoms. The smallest absolute Gasteiger partial charge is 0.409 e. The number of benzene rings is 3. The van der Waals surface area contributed by atoms with E-state index in [9.17, 15) is 14.7 Å². The fourth-order valence-electron chi connectivity index (χ4n) is 5.35. The minimum absolute atomic E-state index is 0.0198. The highest BCUT2D eigenvalue weighted by atomic mass is 16.6. The summed E-state index contributed by atoms with van der Waals surface area (Å²) < 4.78 is 5.78. The summed E-state index contributed by atoms with van der Waals surface area (Å²) in [5.41, 5.74) is 6.83. The number of fused-ring (bicyclic) bond motifs is 3. The fourth-order valence-corrected chi connectivity index (χ4v) is 5.35. The Labute approximate surface area is 200 Å². The normalized spacial score (nSPS) is 19.2. The average Bonchev–Trinajstić information content (AvgIpc) is 3.43. The molecule has 34 heavy (non-hydrogen) atoms. The summed E-state index contributed by atoms with van der Waals surface area (Å²) in [4.78, 5) is 26.6. The summed E-state index contributed by atoms with van der Waals surface area (Å²) >= 11 is 0. The van der Waals surface area contributed by atoms with Crippen LogP contribution in [0.3, 0.4) is 0 Å². The van der Waals surface area contributed by atoms with Crippen LogP contribution in [0.25, 0.3) is 11.1 Å². The van der Waals surface area contributed by atoms with Crippen molar-refractivity contribution in [2.24, 2.45) is 5.92 Å². The number of carboxylic acid groups (broad SMARTS) is 1. The van der Waals surface area contributed by atoms with Crippen LogP contribution in [0.2, 0.25) is 0 Å². The number of nitrogens with zero attached hydrogens (tertiary/aromatic N) is 1. The monoisotopic (exact) mass is 455 g/mol. The first-order valence-corrected chi connectivity index (χ1v) is 11.9. The molecule has 3 aromatic rings. The average molecular weight is 456 g/mol. The number of rotatable bonds is 5. The first kappa shape index (κ1) is 22.2. The second-order valence-electron chi connectivity index (χ2n) is 9.58. The van der Waals surface area contributed by atoms with Crippen LogP contribution in [0.5, 0.6) is 0 Å². The third-order valence-corrected chi connectivity index (χ3v) is 7.26. The van der Waals surface area contributed by atoms with Gasteiger partial charge in [-0.3, -0.25) is 4.79 Å². The molecule has 1 fully saturated rings. The van der Waals surface area contributed by atoms with E-state index < -0.39 is 18.0 Å². The molecule has 5 nitrogen and oxygen atoms in total. The lowest BCUT2D eigenvalue weighted by atomic mass is 9.88. The summed E-state index contributed by atoms with van der Waals surface area (Å²) in [6.07, 6.45) is -0.450. The second-order valence-corrected chi connectivity index (χ2v) is 9.58. The van der Waals surface area contributed by atoms with Gasteiger partial charge in [-0.25, -0.2) is 4.79 Å². The topological polar surface area (TPSA) is 66.8 Å². The predicted molar refractivity (Wildman–Crippen MR) is 131 cm³/mol. The Hall–Kier alpha value is -3.60. The van der Waals surface area contributed by atoms with Crippen molar-refractivity contribution >= 4 is 12.1 Å². The van der Waals surface area contributed by atoms with Gasteiger partial charge in [-0.1, -0.05) is 86.6 Å². The van der Waals surface area contributed by atoms with E-state index in [1.807, 2.05) is 36.4 Å². The number of carbonyl (C=O) groups is 2. The maximum absolute atomic E-state index is 13.0. The molecule has 174 valence electrons. The third kappa shape index (κ3) is 3.96. The van der Waals surface area contributed by atoms with Gasteiger partial charge in [0.25, 0.3) is 0 Å². The van der Waals surface area contributed by atoms with E-state index in [0.717, 1.165) is 16.7 Å². The number of aliphatic carboxylic acids is 1. The number of ether oxygens (including phenoxy) is 1. The van der Waals surface area contributed by atoms with Crippen molar-refractivity contribution in [2.45, 2.75) is 31.6 Å². The maximum atomic E-state index is 13.0. The first-order chi connectivity index (χ1) is 16.4. The van der Waals surface area contributed by atoms with E-state index >= 15 is 0 Å². The van der Waals surface area contributed by atoms with Gasteiger partial charge in [0.1, 0.15) is 6.61 Å². The van der Waals surface area contributed by atoms with Crippen molar-refractivity contribution in [2.75, 3.05) is 19.7 Å². The minimum atomic E-state index is -0.883. The van der Waals surface area contributed by atoms with E-state index in [0.29, 0.717) is 12.5 Å². The molecular weight excluding hydrogens is 426 g/mol. The number of carboxylic acids is 1. The number of carbonyl (C=O) groups excluding carboxylic acids is 1. The zero-order valence-corrected chi connectivity index (χ0v) is 19.5. The van der Waals surface area contributed by atoms with Crippen molar-refractivity contribution in [1.82, 2.24) is 4.90 Å². The Balaban J connectivity index is 1.30. The molecule has 0 spiro atoms. The highest BCUT2D eigenvalue weighted by Gasteiger charge is 2.41. The van der Waals surface area contributed by atoms with Gasteiger partial charge in [0, 0.05) is 24.9 Å². The highest BCUT2D eigenvalue weighted by molar-refractivity contribution is 5.79. The van der Waals surface area contributed by atoms with Crippen LogP contribution in [0.4, 0.5) is 4.79 Å². The number of hydrogen-bond acceptors (Lipinski definition) is 3. The predicted octanol–water partition coefficient (Wildman–Crippen LogP) is 5.86. The van der Waals surface area contributed by atoms with E-state index in [1.165, 1.54) is 16.7 Å². The standard InChI is InChI=1S/C29H29NO4/c1-18(2)19-11-13-20(14-12-19)25-15-30(16-26(25)28(31)32)29(33)34-17-27-23-9-5-3-7-21(23)22-8-4-6-10-24(22)27/h3-14,18,25-27H,15-17H2,1-2H3,(H,31,32). The third-order valence-electron chi connectivity index (χ3n) is 7.26. The molecular formula is C29H29NO4. The fraction of sp³-hybridized carbons (Fsp3) is 0.310. The minimum Gasteiger partial charge on any atom is -0.481 e. The zero-order valence-electron chi connectivity index (χ0n) is 19.5. The summed E-state index contributed by atoms with van der Waals surface area (Å²) in [6, 6.07) is 24.5. The molecule has 0 bridgehead atoms. The van der Waals surface area contributed by atoms with E-state index in [2.05, 4.69) is 50.2 Å². The Morgan fingerprint density at radius 2 is 1.50 bits per heavy atom. The van der Waals surface area contributed by atoms with Crippen LogP contribution < -0.4 is 0 Å². The molecule has 5 rings (SSSR count). The zero-order chi connectivity index (χ0) is 23.8. The van der Waals surface area contributed by atoms with Gasteiger partial charge < -0.3 is 14.7 Å². The van der Waals surface area contributed by atoms with Crippen molar-refractivity contribution in [1.29, 1.82) is 0 Å². The maximum Gasteiger partial charge on any atom is 0.409 e. The summed E-state index contributed by atoms with van der Waals surface area (Å²) in [5.74, 6) is -1.39. The van der Waals surface area contributed by atoms with Gasteiger partial charge in [-0.05, 0) is 39.3 Å².